The molecule has 0 bridgehead atoms. The summed E-state index contributed by atoms with van der Waals surface area (Å²) >= 11 is 9.12. The largest absolute Gasteiger partial charge is 0.396 e. The molecule has 0 saturated heterocycles. The molecule has 1 aromatic rings. The molecule has 0 aliphatic carbocycles. The molecule has 0 radical (unpaired) electrons. The third-order valence-corrected chi connectivity index (χ3v) is 3.45. The van der Waals surface area contributed by atoms with Crippen molar-refractivity contribution >= 4 is 33.4 Å². The number of hydrogen-bond donors (Lipinski definition) is 2. The van der Waals surface area contributed by atoms with E-state index in [2.05, 4.69) is 26.2 Å². The molecule has 100 valence electrons. The first-order valence-electron chi connectivity index (χ1n) is 5.78. The zero-order valence-electron chi connectivity index (χ0n) is 10.1. The minimum absolute atomic E-state index is 0.133. The summed E-state index contributed by atoms with van der Waals surface area (Å²) in [5.41, 5.74) is 0.352. The average molecular weight is 336 g/mol. The van der Waals surface area contributed by atoms with E-state index in [1.54, 1.807) is 12.3 Å². The highest BCUT2D eigenvalue weighted by molar-refractivity contribution is 9.10. The summed E-state index contributed by atoms with van der Waals surface area (Å²) in [4.78, 5) is 15.8. The van der Waals surface area contributed by atoms with Gasteiger partial charge in [0.05, 0.1) is 5.56 Å². The van der Waals surface area contributed by atoms with Crippen molar-refractivity contribution in [3.63, 3.8) is 0 Å². The fourth-order valence-corrected chi connectivity index (χ4v) is 2.07. The SMILES string of the molecule is CCC(CCO)CNC(=O)c1cc(Br)cnc1Cl. The van der Waals surface area contributed by atoms with E-state index in [0.29, 0.717) is 23.0 Å². The van der Waals surface area contributed by atoms with E-state index in [-0.39, 0.29) is 23.6 Å². The lowest BCUT2D eigenvalue weighted by molar-refractivity contribution is 0.0943. The van der Waals surface area contributed by atoms with E-state index in [0.717, 1.165) is 6.42 Å². The molecule has 0 spiro atoms. The second-order valence-electron chi connectivity index (χ2n) is 3.99. The summed E-state index contributed by atoms with van der Waals surface area (Å²) in [5.74, 6) is 0.0306. The monoisotopic (exact) mass is 334 g/mol. The fraction of sp³-hybridized carbons (Fsp3) is 0.500. The fourth-order valence-electron chi connectivity index (χ4n) is 1.55. The highest BCUT2D eigenvalue weighted by Crippen LogP contribution is 2.18. The summed E-state index contributed by atoms with van der Waals surface area (Å²) in [5, 5.41) is 11.9. The molecule has 1 aromatic heterocycles. The Morgan fingerprint density at radius 3 is 3.00 bits per heavy atom. The number of nitrogens with zero attached hydrogens (tertiary/aromatic N) is 1. The van der Waals surface area contributed by atoms with Crippen molar-refractivity contribution in [2.75, 3.05) is 13.2 Å². The molecule has 0 aliphatic rings. The highest BCUT2D eigenvalue weighted by atomic mass is 79.9. The lowest BCUT2D eigenvalue weighted by Gasteiger charge is -2.14. The molecular formula is C12H16BrClN2O2. The van der Waals surface area contributed by atoms with Gasteiger partial charge in [-0.2, -0.15) is 0 Å². The number of carbonyl (C=O) groups excluding carboxylic acids is 1. The van der Waals surface area contributed by atoms with Crippen LogP contribution in [0.3, 0.4) is 0 Å². The van der Waals surface area contributed by atoms with Gasteiger partial charge in [0.1, 0.15) is 5.15 Å². The van der Waals surface area contributed by atoms with Gasteiger partial charge in [-0.1, -0.05) is 24.9 Å². The van der Waals surface area contributed by atoms with Gasteiger partial charge < -0.3 is 10.4 Å². The lowest BCUT2D eigenvalue weighted by atomic mass is 10.0. The summed E-state index contributed by atoms with van der Waals surface area (Å²) in [6, 6.07) is 1.64. The second-order valence-corrected chi connectivity index (χ2v) is 5.26. The van der Waals surface area contributed by atoms with Gasteiger partial charge >= 0.3 is 0 Å². The Balaban J connectivity index is 2.62. The van der Waals surface area contributed by atoms with Crippen LogP contribution in [0.1, 0.15) is 30.1 Å². The molecule has 0 saturated carbocycles. The van der Waals surface area contributed by atoms with Crippen molar-refractivity contribution in [2.24, 2.45) is 5.92 Å². The number of aliphatic hydroxyl groups excluding tert-OH is 1. The van der Waals surface area contributed by atoms with Gasteiger partial charge in [0.25, 0.3) is 5.91 Å². The number of aromatic nitrogens is 1. The van der Waals surface area contributed by atoms with Crippen LogP contribution in [-0.4, -0.2) is 29.1 Å². The first-order valence-corrected chi connectivity index (χ1v) is 6.95. The maximum absolute atomic E-state index is 11.9. The van der Waals surface area contributed by atoms with Gasteiger partial charge in [-0.25, -0.2) is 4.98 Å². The average Bonchev–Trinajstić information content (AvgIpc) is 2.37. The predicted octanol–water partition coefficient (Wildman–Crippen LogP) is 2.64. The standard InChI is InChI=1S/C12H16BrClN2O2/c1-2-8(3-4-17)6-16-12(18)10-5-9(13)7-15-11(10)14/h5,7-8,17H,2-4,6H2,1H3,(H,16,18). The van der Waals surface area contributed by atoms with Crippen molar-refractivity contribution in [3.05, 3.63) is 27.5 Å². The Morgan fingerprint density at radius 1 is 1.67 bits per heavy atom. The van der Waals surface area contributed by atoms with E-state index in [1.807, 2.05) is 6.92 Å². The van der Waals surface area contributed by atoms with Gasteiger partial charge in [-0.3, -0.25) is 4.79 Å². The van der Waals surface area contributed by atoms with Gasteiger partial charge in [-0.05, 0) is 34.3 Å². The quantitative estimate of drug-likeness (QED) is 0.786. The zero-order chi connectivity index (χ0) is 13.5. The van der Waals surface area contributed by atoms with E-state index in [4.69, 9.17) is 16.7 Å². The molecule has 0 aromatic carbocycles. The molecule has 1 rings (SSSR count). The van der Waals surface area contributed by atoms with E-state index < -0.39 is 0 Å². The topological polar surface area (TPSA) is 62.2 Å². The molecule has 6 heteroatoms. The first-order chi connectivity index (χ1) is 8.58. The van der Waals surface area contributed by atoms with Gasteiger partial charge in [-0.15, -0.1) is 0 Å². The van der Waals surface area contributed by atoms with Crippen LogP contribution in [-0.2, 0) is 0 Å². The van der Waals surface area contributed by atoms with Crippen LogP contribution < -0.4 is 5.32 Å². The molecule has 2 N–H and O–H groups in total. The molecule has 1 amide bonds. The van der Waals surface area contributed by atoms with Crippen LogP contribution in [0.4, 0.5) is 0 Å². The lowest BCUT2D eigenvalue weighted by Crippen LogP contribution is -2.29. The zero-order valence-corrected chi connectivity index (χ0v) is 12.5. The Labute approximate surface area is 120 Å². The normalized spacial score (nSPS) is 12.2. The van der Waals surface area contributed by atoms with Crippen molar-refractivity contribution in [2.45, 2.75) is 19.8 Å². The van der Waals surface area contributed by atoms with Gasteiger partial charge in [0, 0.05) is 23.8 Å². The number of hydrogen-bond acceptors (Lipinski definition) is 3. The molecule has 1 heterocycles. The first kappa shape index (κ1) is 15.4. The maximum atomic E-state index is 11.9. The van der Waals surface area contributed by atoms with E-state index in [9.17, 15) is 4.79 Å². The van der Waals surface area contributed by atoms with Crippen molar-refractivity contribution in [3.8, 4) is 0 Å². The summed E-state index contributed by atoms with van der Waals surface area (Å²) in [7, 11) is 0. The number of halogens is 2. The Hall–Kier alpha value is -0.650. The summed E-state index contributed by atoms with van der Waals surface area (Å²) in [6.07, 6.45) is 3.13. The Bertz CT molecular complexity index is 415. The molecule has 0 aliphatic heterocycles. The van der Waals surface area contributed by atoms with Crippen LogP contribution in [0, 0.1) is 5.92 Å². The van der Waals surface area contributed by atoms with Crippen molar-refractivity contribution in [1.29, 1.82) is 0 Å². The molecule has 18 heavy (non-hydrogen) atoms. The van der Waals surface area contributed by atoms with Crippen molar-refractivity contribution in [1.82, 2.24) is 10.3 Å². The number of amides is 1. The summed E-state index contributed by atoms with van der Waals surface area (Å²) < 4.78 is 0.708. The minimum Gasteiger partial charge on any atom is -0.396 e. The molecular weight excluding hydrogens is 320 g/mol. The van der Waals surface area contributed by atoms with Gasteiger partial charge in [0.15, 0.2) is 0 Å². The Morgan fingerprint density at radius 2 is 2.39 bits per heavy atom. The number of nitrogens with one attached hydrogen (secondary N) is 1. The molecule has 1 atom stereocenters. The number of rotatable bonds is 6. The number of carbonyl (C=O) groups is 1. The van der Waals surface area contributed by atoms with Crippen LogP contribution in [0.2, 0.25) is 5.15 Å². The van der Waals surface area contributed by atoms with Crippen LogP contribution >= 0.6 is 27.5 Å². The van der Waals surface area contributed by atoms with E-state index >= 15 is 0 Å². The second kappa shape index (κ2) is 7.71. The van der Waals surface area contributed by atoms with Crippen LogP contribution in [0.15, 0.2) is 16.7 Å². The van der Waals surface area contributed by atoms with Gasteiger partial charge in [0.2, 0.25) is 0 Å². The maximum Gasteiger partial charge on any atom is 0.254 e. The minimum atomic E-state index is -0.245. The van der Waals surface area contributed by atoms with Crippen molar-refractivity contribution < 1.29 is 9.90 Å². The highest BCUT2D eigenvalue weighted by Gasteiger charge is 2.13. The van der Waals surface area contributed by atoms with Crippen LogP contribution in [0.5, 0.6) is 0 Å². The molecule has 4 nitrogen and oxygen atoms in total. The molecule has 0 fully saturated rings. The number of aliphatic hydroxyl groups is 1. The third-order valence-electron chi connectivity index (χ3n) is 2.72. The number of pyridine rings is 1. The Kier molecular flexibility index (Phi) is 6.60. The summed E-state index contributed by atoms with van der Waals surface area (Å²) in [6.45, 7) is 2.69. The predicted molar refractivity (Wildman–Crippen MR) is 74.8 cm³/mol. The third kappa shape index (κ3) is 4.55. The smallest absolute Gasteiger partial charge is 0.254 e. The van der Waals surface area contributed by atoms with E-state index in [1.165, 1.54) is 0 Å². The van der Waals surface area contributed by atoms with Crippen LogP contribution in [0.25, 0.3) is 0 Å². The molecule has 1 unspecified atom stereocenters.